The number of pyridine rings is 3. The molecule has 80 heavy (non-hydrogen) atoms. The molecule has 0 spiro atoms. The van der Waals surface area contributed by atoms with E-state index < -0.39 is 0 Å². The summed E-state index contributed by atoms with van der Waals surface area (Å²) >= 11 is 0. The maximum atomic E-state index is 4.82. The monoisotopic (exact) mass is 1030 g/mol. The molecule has 3 aliphatic rings. The van der Waals surface area contributed by atoms with Crippen LogP contribution in [0.15, 0.2) is 279 Å². The zero-order valence-corrected chi connectivity index (χ0v) is 44.9. The molecule has 382 valence electrons. The second-order valence-corrected chi connectivity index (χ2v) is 22.2. The van der Waals surface area contributed by atoms with Gasteiger partial charge in [-0.15, -0.1) is 0 Å². The average Bonchev–Trinajstić information content (AvgIpc) is 3.42. The molecule has 0 amide bonds. The molecule has 3 aliphatic carbocycles. The van der Waals surface area contributed by atoms with E-state index >= 15 is 0 Å². The topological polar surface area (TPSA) is 38.7 Å². The molecule has 0 aliphatic heterocycles. The van der Waals surface area contributed by atoms with Crippen LogP contribution in [0.4, 0.5) is 0 Å². The van der Waals surface area contributed by atoms with Crippen LogP contribution in [0.25, 0.3) is 123 Å². The third-order valence-corrected chi connectivity index (χ3v) is 17.2. The van der Waals surface area contributed by atoms with E-state index in [-0.39, 0.29) is 0 Å². The van der Waals surface area contributed by atoms with Gasteiger partial charge in [0.2, 0.25) is 0 Å². The number of hydrogen-bond donors (Lipinski definition) is 0. The largest absolute Gasteiger partial charge is 0.256 e. The van der Waals surface area contributed by atoms with Crippen LogP contribution in [0.3, 0.4) is 0 Å². The number of aromatic nitrogens is 3. The molecule has 3 fully saturated rings. The van der Waals surface area contributed by atoms with Crippen LogP contribution >= 0.6 is 0 Å². The normalized spacial score (nSPS) is 16.1. The molecular weight excluding hydrogens is 967 g/mol. The molecule has 3 heterocycles. The molecule has 15 rings (SSSR count). The molecule has 0 radical (unpaired) electrons. The van der Waals surface area contributed by atoms with Gasteiger partial charge in [-0.2, -0.15) is 0 Å². The number of rotatable bonds is 14. The van der Waals surface area contributed by atoms with Crippen molar-refractivity contribution in [2.24, 2.45) is 5.41 Å². The van der Waals surface area contributed by atoms with Gasteiger partial charge in [-0.1, -0.05) is 214 Å². The Morgan fingerprint density at radius 1 is 0.275 bits per heavy atom. The van der Waals surface area contributed by atoms with Gasteiger partial charge in [-0.25, -0.2) is 0 Å². The van der Waals surface area contributed by atoms with E-state index in [1.54, 1.807) is 0 Å². The Bertz CT molecular complexity index is 4000. The predicted molar refractivity (Wildman–Crippen MR) is 332 cm³/mol. The minimum absolute atomic E-state index is 0.420. The first-order valence-electron chi connectivity index (χ1n) is 28.2. The maximum absolute atomic E-state index is 4.82. The van der Waals surface area contributed by atoms with Crippen LogP contribution in [0.5, 0.6) is 0 Å². The minimum atomic E-state index is 0.420. The van der Waals surface area contributed by atoms with Crippen LogP contribution in [0.1, 0.15) is 44.6 Å². The lowest BCUT2D eigenvalue weighted by Gasteiger charge is -2.71. The Hall–Kier alpha value is -9.57. The van der Waals surface area contributed by atoms with Gasteiger partial charge in [0.05, 0.1) is 17.1 Å². The Morgan fingerprint density at radius 3 is 1.02 bits per heavy atom. The molecule has 0 N–H and O–H groups in total. The smallest absolute Gasteiger partial charge is 0.0702 e. The van der Waals surface area contributed by atoms with Crippen molar-refractivity contribution in [3.05, 3.63) is 285 Å². The molecule has 0 atom stereocenters. The van der Waals surface area contributed by atoms with E-state index in [0.717, 1.165) is 112 Å². The summed E-state index contributed by atoms with van der Waals surface area (Å²) in [5.41, 5.74) is 27.3. The van der Waals surface area contributed by atoms with E-state index in [1.165, 1.54) is 48.8 Å². The summed E-state index contributed by atoms with van der Waals surface area (Å²) in [6.07, 6.45) is 12.4. The third-order valence-electron chi connectivity index (χ3n) is 17.2. The van der Waals surface area contributed by atoms with Crippen LogP contribution < -0.4 is 0 Å². The van der Waals surface area contributed by atoms with Gasteiger partial charge < -0.3 is 0 Å². The van der Waals surface area contributed by atoms with Crippen molar-refractivity contribution in [1.29, 1.82) is 0 Å². The zero-order valence-electron chi connectivity index (χ0n) is 44.9. The Kier molecular flexibility index (Phi) is 12.6. The lowest BCUT2D eigenvalue weighted by atomic mass is 9.32. The molecule has 3 saturated carbocycles. The van der Waals surface area contributed by atoms with Crippen LogP contribution in [-0.2, 0) is 5.41 Å². The number of benzene rings is 9. The van der Waals surface area contributed by atoms with Crippen molar-refractivity contribution in [2.45, 2.75) is 44.4 Å². The van der Waals surface area contributed by atoms with Gasteiger partial charge in [0.25, 0.3) is 0 Å². The molecule has 12 aromatic rings. The van der Waals surface area contributed by atoms with Crippen molar-refractivity contribution >= 4 is 0 Å². The summed E-state index contributed by atoms with van der Waals surface area (Å²) in [4.78, 5) is 14.1. The first-order chi connectivity index (χ1) is 39.5. The van der Waals surface area contributed by atoms with Gasteiger partial charge in [0.15, 0.2) is 0 Å². The van der Waals surface area contributed by atoms with Crippen molar-refractivity contribution in [1.82, 2.24) is 15.0 Å². The molecule has 0 saturated heterocycles. The summed E-state index contributed by atoms with van der Waals surface area (Å²) in [5.74, 6) is 0. The average molecular weight is 1030 g/mol. The summed E-state index contributed by atoms with van der Waals surface area (Å²) in [7, 11) is 0. The fourth-order valence-electron chi connectivity index (χ4n) is 13.4. The standard InChI is InChI=1S/C77H59N3/c1-2-42-76-50-77(51-76,52-76)64-39-36-54(37-40-64)53-24-26-57(27-25-53)72-49-60(75-23-11-14-45-80-75)38-41-71(72)70-20-8-7-19-69(70)63-47-61(67-17-5-3-15-65(67)55-28-32-58(33-29-55)73-21-9-12-43-78-73)46-62(48-63)68-18-6-4-16-66(68)56-30-34-59(35-31-56)74-22-10-13-44-79-74/h3-41,43-49H,2,42,50-52H2,1H3. The second kappa shape index (κ2) is 20.7. The van der Waals surface area contributed by atoms with Crippen molar-refractivity contribution in [3.8, 4) is 123 Å². The second-order valence-electron chi connectivity index (χ2n) is 22.2. The summed E-state index contributed by atoms with van der Waals surface area (Å²) in [6.45, 7) is 2.33. The first-order valence-corrected chi connectivity index (χ1v) is 28.2. The van der Waals surface area contributed by atoms with Crippen molar-refractivity contribution < 1.29 is 0 Å². The van der Waals surface area contributed by atoms with E-state index in [1.807, 2.05) is 48.9 Å². The molecule has 9 aromatic carbocycles. The fourth-order valence-corrected chi connectivity index (χ4v) is 13.4. The van der Waals surface area contributed by atoms with Crippen LogP contribution in [-0.4, -0.2) is 15.0 Å². The lowest BCUT2D eigenvalue weighted by molar-refractivity contribution is -0.146. The summed E-state index contributed by atoms with van der Waals surface area (Å²) in [6, 6.07) is 95.3. The highest BCUT2D eigenvalue weighted by Crippen LogP contribution is 2.75. The predicted octanol–water partition coefficient (Wildman–Crippen LogP) is 20.4. The van der Waals surface area contributed by atoms with Gasteiger partial charge in [-0.3, -0.25) is 15.0 Å². The third kappa shape index (κ3) is 9.15. The maximum Gasteiger partial charge on any atom is 0.0702 e. The Morgan fingerprint density at radius 2 is 0.600 bits per heavy atom. The van der Waals surface area contributed by atoms with Gasteiger partial charge in [0, 0.05) is 35.3 Å². The van der Waals surface area contributed by atoms with Crippen LogP contribution in [0.2, 0.25) is 0 Å². The lowest BCUT2D eigenvalue weighted by Crippen LogP contribution is -2.64. The first kappa shape index (κ1) is 48.8. The fraction of sp³-hybridized carbons (Fsp3) is 0.104. The molecular formula is C77H59N3. The highest BCUT2D eigenvalue weighted by atomic mass is 14.7. The summed E-state index contributed by atoms with van der Waals surface area (Å²) < 4.78 is 0. The molecule has 3 aromatic heterocycles. The zero-order chi connectivity index (χ0) is 53.5. The number of hydrogen-bond acceptors (Lipinski definition) is 3. The quantitative estimate of drug-likeness (QED) is 0.109. The SMILES string of the molecule is CCCC12CC(c3ccc(-c4ccc(-c5cc(-c6ccccn6)ccc5-c5ccccc5-c5cc(-c6ccccc6-c6ccc(-c7ccccn7)cc6)cc(-c6ccccc6-c6ccc(-c7ccccn7)cc6)c5)cc4)cc3)(C1)C2. The van der Waals surface area contributed by atoms with Gasteiger partial charge in [0.1, 0.15) is 0 Å². The highest BCUT2D eigenvalue weighted by molar-refractivity contribution is 5.97. The van der Waals surface area contributed by atoms with E-state index in [2.05, 4.69) is 247 Å². The van der Waals surface area contributed by atoms with E-state index in [4.69, 9.17) is 4.98 Å². The number of nitrogens with zero attached hydrogens (tertiary/aromatic N) is 3. The minimum Gasteiger partial charge on any atom is -0.256 e. The van der Waals surface area contributed by atoms with Gasteiger partial charge >= 0.3 is 0 Å². The van der Waals surface area contributed by atoms with Crippen molar-refractivity contribution in [3.63, 3.8) is 0 Å². The molecule has 2 bridgehead atoms. The molecule has 3 nitrogen and oxygen atoms in total. The van der Waals surface area contributed by atoms with Crippen LogP contribution in [0, 0.1) is 5.41 Å². The highest BCUT2D eigenvalue weighted by Gasteiger charge is 2.67. The molecule has 3 heteroatoms. The summed E-state index contributed by atoms with van der Waals surface area (Å²) in [5, 5.41) is 0. The Balaban J connectivity index is 0.889. The van der Waals surface area contributed by atoms with E-state index in [9.17, 15) is 0 Å². The van der Waals surface area contributed by atoms with E-state index in [0.29, 0.717) is 10.8 Å². The Labute approximate surface area is 470 Å². The molecule has 0 unspecified atom stereocenters. The van der Waals surface area contributed by atoms with Crippen molar-refractivity contribution in [2.75, 3.05) is 0 Å². The van der Waals surface area contributed by atoms with Gasteiger partial charge in [-0.05, 0) is 192 Å².